The van der Waals surface area contributed by atoms with Crippen molar-refractivity contribution in [3.8, 4) is 0 Å². The summed E-state index contributed by atoms with van der Waals surface area (Å²) in [6.07, 6.45) is 0.711. The lowest BCUT2D eigenvalue weighted by atomic mass is 10.1. The Balaban J connectivity index is 2.49. The molecule has 0 unspecified atom stereocenters. The van der Waals surface area contributed by atoms with Gasteiger partial charge in [-0.05, 0) is 27.3 Å². The zero-order valence-corrected chi connectivity index (χ0v) is 12.0. The fraction of sp³-hybridized carbons (Fsp3) is 0.667. The van der Waals surface area contributed by atoms with Crippen LogP contribution in [0.3, 0.4) is 0 Å². The highest BCUT2D eigenvalue weighted by molar-refractivity contribution is 7.09. The summed E-state index contributed by atoms with van der Waals surface area (Å²) in [5.41, 5.74) is 5.54. The molecule has 6 heteroatoms. The number of aromatic nitrogens is 1. The Labute approximate surface area is 112 Å². The van der Waals surface area contributed by atoms with Gasteiger partial charge in [-0.3, -0.25) is 4.79 Å². The molecule has 0 atom stereocenters. The Morgan fingerprint density at radius 3 is 2.94 bits per heavy atom. The molecule has 18 heavy (non-hydrogen) atoms. The largest absolute Gasteiger partial charge is 0.374 e. The summed E-state index contributed by atoms with van der Waals surface area (Å²) in [5, 5.41) is 5.48. The minimum atomic E-state index is -0.361. The average Bonchev–Trinajstić information content (AvgIpc) is 2.75. The number of nitrogens with zero attached hydrogens (tertiary/aromatic N) is 1. The Hall–Kier alpha value is -0.980. The number of thiazole rings is 1. The van der Waals surface area contributed by atoms with Gasteiger partial charge in [-0.15, -0.1) is 11.3 Å². The normalized spacial score (nSPS) is 11.6. The summed E-state index contributed by atoms with van der Waals surface area (Å²) < 4.78 is 5.51. The lowest BCUT2D eigenvalue weighted by molar-refractivity contribution is -0.00818. The predicted molar refractivity (Wildman–Crippen MR) is 72.9 cm³/mol. The highest BCUT2D eigenvalue weighted by Crippen LogP contribution is 2.11. The van der Waals surface area contributed by atoms with Gasteiger partial charge in [-0.2, -0.15) is 0 Å². The Bertz CT molecular complexity index is 390. The fourth-order valence-corrected chi connectivity index (χ4v) is 2.27. The number of nitrogens with one attached hydrogen (secondary N) is 1. The van der Waals surface area contributed by atoms with Crippen molar-refractivity contribution in [1.82, 2.24) is 10.3 Å². The fourth-order valence-electron chi connectivity index (χ4n) is 1.48. The van der Waals surface area contributed by atoms with Crippen LogP contribution in [0.1, 0.15) is 36.3 Å². The third kappa shape index (κ3) is 4.72. The molecule has 1 amide bonds. The van der Waals surface area contributed by atoms with Crippen LogP contribution in [0.15, 0.2) is 5.38 Å². The van der Waals surface area contributed by atoms with E-state index in [1.54, 1.807) is 5.38 Å². The standard InChI is InChI=1S/C12H21N3O2S/c1-4-17-12(2,3)8-14-11(16)9-7-18-10(15-9)5-6-13/h7H,4-6,8,13H2,1-3H3,(H,14,16). The molecular weight excluding hydrogens is 250 g/mol. The number of carbonyl (C=O) groups excluding carboxylic acids is 1. The lowest BCUT2D eigenvalue weighted by Gasteiger charge is -2.24. The molecule has 5 nitrogen and oxygen atoms in total. The Morgan fingerprint density at radius 1 is 1.61 bits per heavy atom. The third-order valence-corrected chi connectivity index (χ3v) is 3.26. The van der Waals surface area contributed by atoms with E-state index in [1.807, 2.05) is 20.8 Å². The van der Waals surface area contributed by atoms with Crippen LogP contribution in [0.4, 0.5) is 0 Å². The van der Waals surface area contributed by atoms with Gasteiger partial charge < -0.3 is 15.8 Å². The second-order valence-corrected chi connectivity index (χ2v) is 5.48. The van der Waals surface area contributed by atoms with E-state index in [0.29, 0.717) is 31.8 Å². The van der Waals surface area contributed by atoms with Crippen molar-refractivity contribution in [3.05, 3.63) is 16.1 Å². The molecule has 0 bridgehead atoms. The van der Waals surface area contributed by atoms with E-state index in [9.17, 15) is 4.79 Å². The maximum atomic E-state index is 11.9. The predicted octanol–water partition coefficient (Wildman–Crippen LogP) is 1.19. The summed E-state index contributed by atoms with van der Waals surface area (Å²) >= 11 is 1.46. The lowest BCUT2D eigenvalue weighted by Crippen LogP contribution is -2.40. The van der Waals surface area contributed by atoms with Gasteiger partial charge in [0.25, 0.3) is 5.91 Å². The van der Waals surface area contributed by atoms with Gasteiger partial charge in [0.1, 0.15) is 5.69 Å². The number of nitrogens with two attached hydrogens (primary N) is 1. The minimum absolute atomic E-state index is 0.165. The van der Waals surface area contributed by atoms with Crippen LogP contribution in [0.2, 0.25) is 0 Å². The average molecular weight is 271 g/mol. The number of ether oxygens (including phenoxy) is 1. The van der Waals surface area contributed by atoms with Gasteiger partial charge in [0.15, 0.2) is 0 Å². The van der Waals surface area contributed by atoms with Crippen LogP contribution < -0.4 is 11.1 Å². The van der Waals surface area contributed by atoms with Crippen LogP contribution >= 0.6 is 11.3 Å². The quantitative estimate of drug-likeness (QED) is 0.781. The van der Waals surface area contributed by atoms with Crippen molar-refractivity contribution in [2.45, 2.75) is 32.8 Å². The number of rotatable bonds is 7. The van der Waals surface area contributed by atoms with Gasteiger partial charge in [0.2, 0.25) is 0 Å². The second kappa shape index (κ2) is 6.82. The van der Waals surface area contributed by atoms with Crippen molar-refractivity contribution < 1.29 is 9.53 Å². The number of hydrogen-bond acceptors (Lipinski definition) is 5. The van der Waals surface area contributed by atoms with Crippen LogP contribution in [0.25, 0.3) is 0 Å². The maximum absolute atomic E-state index is 11.9. The Kier molecular flexibility index (Phi) is 5.71. The van der Waals surface area contributed by atoms with Gasteiger partial charge in [-0.25, -0.2) is 4.98 Å². The molecule has 0 fully saturated rings. The molecule has 0 aliphatic carbocycles. The molecule has 102 valence electrons. The van der Waals surface area contributed by atoms with Crippen molar-refractivity contribution in [3.63, 3.8) is 0 Å². The van der Waals surface area contributed by atoms with E-state index in [1.165, 1.54) is 11.3 Å². The first-order chi connectivity index (χ1) is 8.48. The zero-order valence-electron chi connectivity index (χ0n) is 11.2. The van der Waals surface area contributed by atoms with Crippen molar-refractivity contribution in [2.75, 3.05) is 19.7 Å². The zero-order chi connectivity index (χ0) is 13.6. The molecule has 0 spiro atoms. The first-order valence-corrected chi connectivity index (χ1v) is 6.93. The molecule has 0 aliphatic rings. The van der Waals surface area contributed by atoms with E-state index in [0.717, 1.165) is 5.01 Å². The molecule has 3 N–H and O–H groups in total. The van der Waals surface area contributed by atoms with Crippen LogP contribution in [-0.2, 0) is 11.2 Å². The van der Waals surface area contributed by atoms with E-state index in [-0.39, 0.29) is 11.5 Å². The molecule has 0 aromatic carbocycles. The molecule has 0 saturated carbocycles. The summed E-state index contributed by atoms with van der Waals surface area (Å²) in [6, 6.07) is 0. The molecule has 1 rings (SSSR count). The topological polar surface area (TPSA) is 77.2 Å². The molecule has 0 aliphatic heterocycles. The minimum Gasteiger partial charge on any atom is -0.374 e. The molecule has 1 heterocycles. The van der Waals surface area contributed by atoms with E-state index >= 15 is 0 Å². The summed E-state index contributed by atoms with van der Waals surface area (Å²) in [7, 11) is 0. The highest BCUT2D eigenvalue weighted by Gasteiger charge is 2.19. The van der Waals surface area contributed by atoms with Crippen LogP contribution in [-0.4, -0.2) is 36.2 Å². The van der Waals surface area contributed by atoms with E-state index in [4.69, 9.17) is 10.5 Å². The van der Waals surface area contributed by atoms with Crippen molar-refractivity contribution in [2.24, 2.45) is 5.73 Å². The van der Waals surface area contributed by atoms with E-state index in [2.05, 4.69) is 10.3 Å². The summed E-state index contributed by atoms with van der Waals surface area (Å²) in [6.45, 7) is 7.45. The number of amides is 1. The van der Waals surface area contributed by atoms with E-state index < -0.39 is 0 Å². The van der Waals surface area contributed by atoms with Crippen molar-refractivity contribution >= 4 is 17.2 Å². The van der Waals surface area contributed by atoms with Gasteiger partial charge in [0.05, 0.1) is 10.6 Å². The SMILES string of the molecule is CCOC(C)(C)CNC(=O)c1csc(CCN)n1. The second-order valence-electron chi connectivity index (χ2n) is 4.54. The first kappa shape index (κ1) is 15.1. The van der Waals surface area contributed by atoms with Gasteiger partial charge >= 0.3 is 0 Å². The monoisotopic (exact) mass is 271 g/mol. The molecular formula is C12H21N3O2S. The molecule has 1 aromatic rings. The first-order valence-electron chi connectivity index (χ1n) is 6.05. The van der Waals surface area contributed by atoms with Gasteiger partial charge in [-0.1, -0.05) is 0 Å². The smallest absolute Gasteiger partial charge is 0.270 e. The van der Waals surface area contributed by atoms with Crippen molar-refractivity contribution in [1.29, 1.82) is 0 Å². The maximum Gasteiger partial charge on any atom is 0.270 e. The number of carbonyl (C=O) groups is 1. The summed E-state index contributed by atoms with van der Waals surface area (Å²) in [5.74, 6) is -0.165. The molecule has 1 aromatic heterocycles. The number of hydrogen-bond donors (Lipinski definition) is 2. The van der Waals surface area contributed by atoms with Gasteiger partial charge in [0, 0.05) is 25.0 Å². The summed E-state index contributed by atoms with van der Waals surface area (Å²) in [4.78, 5) is 16.1. The highest BCUT2D eigenvalue weighted by atomic mass is 32.1. The molecule has 0 radical (unpaired) electrons. The third-order valence-electron chi connectivity index (χ3n) is 2.35. The van der Waals surface area contributed by atoms with Crippen LogP contribution in [0, 0.1) is 0 Å². The molecule has 0 saturated heterocycles. The van der Waals surface area contributed by atoms with Crippen LogP contribution in [0.5, 0.6) is 0 Å². The Morgan fingerprint density at radius 2 is 2.33 bits per heavy atom.